The van der Waals surface area contributed by atoms with Crippen LogP contribution >= 0.6 is 0 Å². The summed E-state index contributed by atoms with van der Waals surface area (Å²) in [7, 11) is 1.40. The number of methoxy groups -OCH3 is 1. The molecule has 0 saturated heterocycles. The van der Waals surface area contributed by atoms with E-state index in [1.54, 1.807) is 0 Å². The molecule has 80 valence electrons. The molecule has 0 aromatic heterocycles. The number of hydrogen-bond donors (Lipinski definition) is 0. The standard InChI is InChI=1S/C11H18O3/c1-7-5-8(10(13)14-4)6-11(2,3)9(7)12/h7-8H,5-6H2,1-4H3. The van der Waals surface area contributed by atoms with Crippen LogP contribution in [0.2, 0.25) is 0 Å². The summed E-state index contributed by atoms with van der Waals surface area (Å²) >= 11 is 0. The highest BCUT2D eigenvalue weighted by molar-refractivity contribution is 5.88. The molecule has 2 atom stereocenters. The number of Topliss-reactive ketones (excluding diaryl/α,β-unsaturated/α-hetero) is 1. The minimum atomic E-state index is -0.378. The maximum Gasteiger partial charge on any atom is 0.308 e. The molecule has 14 heavy (non-hydrogen) atoms. The Morgan fingerprint density at radius 2 is 2.07 bits per heavy atom. The van der Waals surface area contributed by atoms with Gasteiger partial charge in [0.25, 0.3) is 0 Å². The average molecular weight is 198 g/mol. The Balaban J connectivity index is 2.79. The Kier molecular flexibility index (Phi) is 2.98. The second kappa shape index (κ2) is 3.71. The fraction of sp³-hybridized carbons (Fsp3) is 0.818. The van der Waals surface area contributed by atoms with Gasteiger partial charge in [0.2, 0.25) is 0 Å². The molecule has 0 aromatic rings. The number of carbonyl (C=O) groups excluding carboxylic acids is 2. The first-order chi connectivity index (χ1) is 6.38. The normalized spacial score (nSPS) is 31.3. The van der Waals surface area contributed by atoms with Crippen LogP contribution in [0.15, 0.2) is 0 Å². The molecule has 0 amide bonds. The summed E-state index contributed by atoms with van der Waals surface area (Å²) < 4.78 is 4.72. The first kappa shape index (κ1) is 11.2. The monoisotopic (exact) mass is 198 g/mol. The maximum absolute atomic E-state index is 11.8. The molecule has 1 aliphatic carbocycles. The molecule has 2 unspecified atom stereocenters. The van der Waals surface area contributed by atoms with Gasteiger partial charge in [0, 0.05) is 11.3 Å². The van der Waals surface area contributed by atoms with Crippen molar-refractivity contribution in [2.24, 2.45) is 17.3 Å². The molecule has 1 fully saturated rings. The predicted octanol–water partition coefficient (Wildman–Crippen LogP) is 1.80. The first-order valence-corrected chi connectivity index (χ1v) is 5.00. The number of rotatable bonds is 1. The Morgan fingerprint density at radius 1 is 1.50 bits per heavy atom. The summed E-state index contributed by atoms with van der Waals surface area (Å²) in [5.74, 6) is -0.0550. The van der Waals surface area contributed by atoms with Crippen molar-refractivity contribution in [2.45, 2.75) is 33.6 Å². The lowest BCUT2D eigenvalue weighted by atomic mass is 9.67. The SMILES string of the molecule is COC(=O)C1CC(C)C(=O)C(C)(C)C1. The van der Waals surface area contributed by atoms with Gasteiger partial charge in [0.05, 0.1) is 13.0 Å². The van der Waals surface area contributed by atoms with Gasteiger partial charge in [-0.3, -0.25) is 9.59 Å². The van der Waals surface area contributed by atoms with Crippen molar-refractivity contribution in [3.8, 4) is 0 Å². The molecular weight excluding hydrogens is 180 g/mol. The van der Waals surface area contributed by atoms with E-state index in [4.69, 9.17) is 4.74 Å². The Morgan fingerprint density at radius 3 is 2.50 bits per heavy atom. The molecule has 0 radical (unpaired) electrons. The molecule has 0 bridgehead atoms. The third kappa shape index (κ3) is 1.97. The van der Waals surface area contributed by atoms with Gasteiger partial charge in [0.1, 0.15) is 5.78 Å². The topological polar surface area (TPSA) is 43.4 Å². The van der Waals surface area contributed by atoms with Gasteiger partial charge in [-0.15, -0.1) is 0 Å². The lowest BCUT2D eigenvalue weighted by molar-refractivity contribution is -0.151. The second-order valence-electron chi connectivity index (χ2n) is 4.81. The number of carbonyl (C=O) groups is 2. The molecule has 0 heterocycles. The molecule has 0 N–H and O–H groups in total. The zero-order valence-corrected chi connectivity index (χ0v) is 9.29. The largest absolute Gasteiger partial charge is 0.469 e. The fourth-order valence-corrected chi connectivity index (χ4v) is 2.35. The highest BCUT2D eigenvalue weighted by Gasteiger charge is 2.42. The van der Waals surface area contributed by atoms with Crippen LogP contribution < -0.4 is 0 Å². The van der Waals surface area contributed by atoms with Crippen LogP contribution in [0.1, 0.15) is 33.6 Å². The fourth-order valence-electron chi connectivity index (χ4n) is 2.35. The Bertz CT molecular complexity index is 255. The molecule has 3 nitrogen and oxygen atoms in total. The first-order valence-electron chi connectivity index (χ1n) is 5.00. The maximum atomic E-state index is 11.8. The van der Waals surface area contributed by atoms with E-state index < -0.39 is 0 Å². The summed E-state index contributed by atoms with van der Waals surface area (Å²) in [6, 6.07) is 0. The Labute approximate surface area is 84.8 Å². The quantitative estimate of drug-likeness (QED) is 0.603. The third-order valence-corrected chi connectivity index (χ3v) is 3.04. The molecule has 1 saturated carbocycles. The number of ketones is 1. The van der Waals surface area contributed by atoms with Crippen LogP contribution in [0, 0.1) is 17.3 Å². The lowest BCUT2D eigenvalue weighted by Gasteiger charge is -2.36. The third-order valence-electron chi connectivity index (χ3n) is 3.04. The highest BCUT2D eigenvalue weighted by atomic mass is 16.5. The smallest absolute Gasteiger partial charge is 0.308 e. The van der Waals surface area contributed by atoms with Crippen LogP contribution in [-0.2, 0) is 14.3 Å². The van der Waals surface area contributed by atoms with Crippen molar-refractivity contribution in [2.75, 3.05) is 7.11 Å². The van der Waals surface area contributed by atoms with Gasteiger partial charge in [-0.25, -0.2) is 0 Å². The summed E-state index contributed by atoms with van der Waals surface area (Å²) in [5.41, 5.74) is -0.378. The number of esters is 1. The summed E-state index contributed by atoms with van der Waals surface area (Å²) in [5, 5.41) is 0. The Hall–Kier alpha value is -0.860. The van der Waals surface area contributed by atoms with Crippen LogP contribution in [0.4, 0.5) is 0 Å². The summed E-state index contributed by atoms with van der Waals surface area (Å²) in [6.45, 7) is 5.70. The van der Waals surface area contributed by atoms with Crippen molar-refractivity contribution in [1.29, 1.82) is 0 Å². The van der Waals surface area contributed by atoms with E-state index in [0.717, 1.165) is 0 Å². The molecule has 0 aliphatic heterocycles. The molecule has 1 aliphatic rings. The van der Waals surface area contributed by atoms with E-state index in [1.807, 2.05) is 20.8 Å². The van der Waals surface area contributed by atoms with Crippen LogP contribution in [0.5, 0.6) is 0 Å². The molecule has 0 spiro atoms. The molecule has 3 heteroatoms. The van der Waals surface area contributed by atoms with Gasteiger partial charge in [-0.05, 0) is 12.8 Å². The van der Waals surface area contributed by atoms with Gasteiger partial charge in [0.15, 0.2) is 0 Å². The van der Waals surface area contributed by atoms with E-state index in [-0.39, 0.29) is 29.0 Å². The van der Waals surface area contributed by atoms with Gasteiger partial charge >= 0.3 is 5.97 Å². The number of hydrogen-bond acceptors (Lipinski definition) is 3. The van der Waals surface area contributed by atoms with Crippen LogP contribution in [0.3, 0.4) is 0 Å². The van der Waals surface area contributed by atoms with Gasteiger partial charge in [-0.2, -0.15) is 0 Å². The summed E-state index contributed by atoms with van der Waals surface area (Å²) in [6.07, 6.45) is 1.25. The van der Waals surface area contributed by atoms with Gasteiger partial charge in [-0.1, -0.05) is 20.8 Å². The minimum Gasteiger partial charge on any atom is -0.469 e. The van der Waals surface area contributed by atoms with Crippen molar-refractivity contribution in [3.63, 3.8) is 0 Å². The highest BCUT2D eigenvalue weighted by Crippen LogP contribution is 2.39. The number of ether oxygens (including phenoxy) is 1. The summed E-state index contributed by atoms with van der Waals surface area (Å²) in [4.78, 5) is 23.1. The predicted molar refractivity (Wildman–Crippen MR) is 52.7 cm³/mol. The lowest BCUT2D eigenvalue weighted by Crippen LogP contribution is -2.40. The van der Waals surface area contributed by atoms with E-state index >= 15 is 0 Å². The molecular formula is C11H18O3. The average Bonchev–Trinajstić information content (AvgIpc) is 2.12. The second-order valence-corrected chi connectivity index (χ2v) is 4.81. The van der Waals surface area contributed by atoms with E-state index in [2.05, 4.69) is 0 Å². The van der Waals surface area contributed by atoms with Crippen molar-refractivity contribution >= 4 is 11.8 Å². The van der Waals surface area contributed by atoms with E-state index in [9.17, 15) is 9.59 Å². The zero-order valence-electron chi connectivity index (χ0n) is 9.29. The van der Waals surface area contributed by atoms with Crippen LogP contribution in [0.25, 0.3) is 0 Å². The minimum absolute atomic E-state index is 0.0251. The molecule has 1 rings (SSSR count). The van der Waals surface area contributed by atoms with E-state index in [1.165, 1.54) is 7.11 Å². The molecule has 0 aromatic carbocycles. The van der Waals surface area contributed by atoms with Crippen molar-refractivity contribution in [3.05, 3.63) is 0 Å². The van der Waals surface area contributed by atoms with Crippen LogP contribution in [-0.4, -0.2) is 18.9 Å². The van der Waals surface area contributed by atoms with Crippen molar-refractivity contribution in [1.82, 2.24) is 0 Å². The van der Waals surface area contributed by atoms with Crippen molar-refractivity contribution < 1.29 is 14.3 Å². The zero-order chi connectivity index (χ0) is 10.9. The van der Waals surface area contributed by atoms with E-state index in [0.29, 0.717) is 12.8 Å². The van der Waals surface area contributed by atoms with Gasteiger partial charge < -0.3 is 4.74 Å².